The number of rotatable bonds is 10. The van der Waals surface area contributed by atoms with E-state index in [9.17, 15) is 42.5 Å². The van der Waals surface area contributed by atoms with Crippen LogP contribution in [0.15, 0.2) is 12.3 Å². The molecule has 3 heterocycles. The molecule has 0 spiro atoms. The molecule has 5 atom stereocenters. The maximum absolute atomic E-state index is 13.4. The number of fused-ring (bicyclic) bond motifs is 1. The maximum Gasteiger partial charge on any atom is 0.346 e. The molecule has 1 unspecified atom stereocenters. The lowest BCUT2D eigenvalue weighted by molar-refractivity contribution is -0.159. The molecule has 2 fully saturated rings. The molecule has 2 aromatic heterocycles. The van der Waals surface area contributed by atoms with E-state index in [4.69, 9.17) is 21.1 Å². The quantitative estimate of drug-likeness (QED) is 0.126. The van der Waals surface area contributed by atoms with Gasteiger partial charge < -0.3 is 34.5 Å². The highest BCUT2D eigenvalue weighted by Crippen LogP contribution is 2.44. The Balaban J connectivity index is 1.48. The number of aromatic nitrogens is 2. The standard InChI is InChI=1S/C24H31ClFN4O10PS/c1-24(2,3)23(33)38-10-39-41(34,35)11-42(36,37)9-16-18(31)19(32)22(40-16)30-5-4-14-17(28-13-6-12(26)7-13)15(8-27)20(25)29-21(14)30/h4-5,12-13,16,18-19,22,31-32H,6-7,9-11H2,1-3H3,(H,28,29)(H,34,35)/t12?,13?,16-,18-,19-,22-/m1/s1. The van der Waals surface area contributed by atoms with E-state index in [1.807, 2.05) is 6.07 Å². The first-order valence-electron chi connectivity index (χ1n) is 12.8. The molecule has 42 heavy (non-hydrogen) atoms. The summed E-state index contributed by atoms with van der Waals surface area (Å²) in [6, 6.07) is 3.28. The molecule has 0 radical (unpaired) electrons. The average Bonchev–Trinajstić information content (AvgIpc) is 3.37. The zero-order chi connectivity index (χ0) is 31.2. The minimum atomic E-state index is -4.79. The van der Waals surface area contributed by atoms with Crippen molar-refractivity contribution >= 4 is 51.7 Å². The second kappa shape index (κ2) is 12.0. The van der Waals surface area contributed by atoms with Gasteiger partial charge in [-0.3, -0.25) is 13.9 Å². The lowest BCUT2D eigenvalue weighted by Gasteiger charge is -2.31. The first-order valence-corrected chi connectivity index (χ1v) is 16.7. The number of carbonyl (C=O) groups is 1. The Morgan fingerprint density at radius 3 is 2.62 bits per heavy atom. The Bertz CT molecular complexity index is 1550. The van der Waals surface area contributed by atoms with Crippen molar-refractivity contribution in [1.82, 2.24) is 9.55 Å². The number of hydrogen-bond donors (Lipinski definition) is 4. The van der Waals surface area contributed by atoms with Crippen molar-refractivity contribution in [2.75, 3.05) is 23.4 Å². The van der Waals surface area contributed by atoms with Gasteiger partial charge in [0.25, 0.3) is 0 Å². The number of nitrogens with zero attached hydrogens (tertiary/aromatic N) is 3. The van der Waals surface area contributed by atoms with E-state index in [-0.39, 0.29) is 35.2 Å². The number of aliphatic hydroxyl groups excluding tert-OH is 2. The van der Waals surface area contributed by atoms with Crippen LogP contribution < -0.4 is 5.32 Å². The predicted molar refractivity (Wildman–Crippen MR) is 147 cm³/mol. The number of aliphatic hydroxyl groups is 2. The Morgan fingerprint density at radius 2 is 2.02 bits per heavy atom. The van der Waals surface area contributed by atoms with Crippen molar-refractivity contribution in [3.63, 3.8) is 0 Å². The van der Waals surface area contributed by atoms with Gasteiger partial charge >= 0.3 is 13.6 Å². The van der Waals surface area contributed by atoms with Gasteiger partial charge in [0.1, 0.15) is 41.8 Å². The van der Waals surface area contributed by atoms with Gasteiger partial charge in [0.15, 0.2) is 26.7 Å². The Labute approximate surface area is 245 Å². The van der Waals surface area contributed by atoms with Crippen molar-refractivity contribution < 1.29 is 51.3 Å². The fourth-order valence-corrected chi connectivity index (χ4v) is 8.45. The average molecular weight is 653 g/mol. The third-order valence-corrected chi connectivity index (χ3v) is 11.3. The zero-order valence-electron chi connectivity index (χ0n) is 22.8. The van der Waals surface area contributed by atoms with Gasteiger partial charge in [-0.25, -0.2) is 17.8 Å². The number of halogens is 2. The van der Waals surface area contributed by atoms with Crippen LogP contribution in [0.2, 0.25) is 5.15 Å². The largest absolute Gasteiger partial charge is 0.438 e. The second-order valence-electron chi connectivity index (χ2n) is 11.3. The molecule has 14 nitrogen and oxygen atoms in total. The molecule has 18 heteroatoms. The first kappa shape index (κ1) is 32.6. The molecule has 4 rings (SSSR count). The molecule has 1 saturated heterocycles. The summed E-state index contributed by atoms with van der Waals surface area (Å²) in [6.07, 6.45) is -5.28. The summed E-state index contributed by atoms with van der Waals surface area (Å²) in [7, 11) is -9.22. The summed E-state index contributed by atoms with van der Waals surface area (Å²) in [5.41, 5.74) is -1.81. The van der Waals surface area contributed by atoms with Crippen LogP contribution in [0.3, 0.4) is 0 Å². The summed E-state index contributed by atoms with van der Waals surface area (Å²) in [4.78, 5) is 26.0. The van der Waals surface area contributed by atoms with Gasteiger partial charge in [-0.05, 0) is 39.7 Å². The van der Waals surface area contributed by atoms with Crippen LogP contribution >= 0.6 is 19.2 Å². The van der Waals surface area contributed by atoms with E-state index in [1.165, 1.54) is 10.8 Å². The number of ether oxygens (including phenoxy) is 2. The molecule has 0 aromatic carbocycles. The molecule has 0 amide bonds. The molecule has 1 aliphatic carbocycles. The fraction of sp³-hybridized carbons (Fsp3) is 0.625. The minimum absolute atomic E-state index is 0.0324. The normalized spacial score (nSPS) is 27.7. The molecule has 2 aromatic rings. The highest BCUT2D eigenvalue weighted by atomic mass is 35.5. The highest BCUT2D eigenvalue weighted by molar-refractivity contribution is 7.97. The van der Waals surface area contributed by atoms with Crippen LogP contribution in [0.1, 0.15) is 45.4 Å². The molecule has 4 N–H and O–H groups in total. The minimum Gasteiger partial charge on any atom is -0.438 e. The molecule has 1 saturated carbocycles. The van der Waals surface area contributed by atoms with Crippen molar-refractivity contribution in [2.45, 2.75) is 70.4 Å². The van der Waals surface area contributed by atoms with Gasteiger partial charge in [0.05, 0.1) is 16.9 Å². The monoisotopic (exact) mass is 652 g/mol. The van der Waals surface area contributed by atoms with E-state index >= 15 is 0 Å². The molecule has 2 aliphatic rings. The third kappa shape index (κ3) is 7.06. The number of carbonyl (C=O) groups excluding carboxylic acids is 1. The zero-order valence-corrected chi connectivity index (χ0v) is 25.3. The van der Waals surface area contributed by atoms with Crippen LogP contribution in [0.5, 0.6) is 0 Å². The fourth-order valence-electron chi connectivity index (χ4n) is 4.53. The van der Waals surface area contributed by atoms with Crippen LogP contribution in [0.25, 0.3) is 11.0 Å². The third-order valence-electron chi connectivity index (χ3n) is 6.80. The molecule has 0 bridgehead atoms. The second-order valence-corrected chi connectivity index (χ2v) is 16.0. The van der Waals surface area contributed by atoms with E-state index < -0.39 is 77.6 Å². The van der Waals surface area contributed by atoms with E-state index in [1.54, 1.807) is 26.8 Å². The lowest BCUT2D eigenvalue weighted by Crippen LogP contribution is -2.36. The lowest BCUT2D eigenvalue weighted by atomic mass is 9.90. The van der Waals surface area contributed by atoms with Gasteiger partial charge in [0, 0.05) is 17.6 Å². The van der Waals surface area contributed by atoms with Crippen molar-refractivity contribution in [3.05, 3.63) is 23.0 Å². The van der Waals surface area contributed by atoms with Gasteiger partial charge in [-0.1, -0.05) is 11.6 Å². The van der Waals surface area contributed by atoms with Gasteiger partial charge in [0.2, 0.25) is 6.79 Å². The molecular formula is C24H31ClFN4O10PS. The Morgan fingerprint density at radius 1 is 1.36 bits per heavy atom. The Kier molecular flexibility index (Phi) is 9.28. The number of nitrogens with one attached hydrogen (secondary N) is 1. The summed E-state index contributed by atoms with van der Waals surface area (Å²) in [5.74, 6) is -1.69. The van der Waals surface area contributed by atoms with E-state index in [0.717, 1.165) is 0 Å². The van der Waals surface area contributed by atoms with Crippen molar-refractivity contribution in [3.8, 4) is 6.07 Å². The van der Waals surface area contributed by atoms with Crippen LogP contribution in [0.4, 0.5) is 10.1 Å². The summed E-state index contributed by atoms with van der Waals surface area (Å²) >= 11 is 6.25. The van der Waals surface area contributed by atoms with E-state index in [2.05, 4.69) is 14.8 Å². The molecule has 232 valence electrons. The smallest absolute Gasteiger partial charge is 0.346 e. The molecule has 1 aliphatic heterocycles. The SMILES string of the molecule is CC(C)(C)C(=O)OCOP(=O)(O)CS(=O)(=O)C[C@H]1O[C@@H](n2ccc3c(NC4CC(F)C4)c(C#N)c(Cl)nc32)[C@H](O)[C@@H]1O. The highest BCUT2D eigenvalue weighted by Gasteiger charge is 2.47. The topological polar surface area (TPSA) is 210 Å². The summed E-state index contributed by atoms with van der Waals surface area (Å²) in [6.45, 7) is 3.69. The maximum atomic E-state index is 13.4. The van der Waals surface area contributed by atoms with Crippen molar-refractivity contribution in [1.29, 1.82) is 5.26 Å². The van der Waals surface area contributed by atoms with Crippen molar-refractivity contribution in [2.24, 2.45) is 5.41 Å². The van der Waals surface area contributed by atoms with Crippen LogP contribution in [-0.4, -0.2) is 87.6 Å². The van der Waals surface area contributed by atoms with Crippen LogP contribution in [0, 0.1) is 16.7 Å². The van der Waals surface area contributed by atoms with Gasteiger partial charge in [-0.2, -0.15) is 5.26 Å². The first-order chi connectivity index (χ1) is 19.4. The number of sulfone groups is 1. The number of nitriles is 1. The summed E-state index contributed by atoms with van der Waals surface area (Å²) < 4.78 is 67.6. The summed E-state index contributed by atoms with van der Waals surface area (Å²) in [5, 5.41) is 34.3. The predicted octanol–water partition coefficient (Wildman–Crippen LogP) is 2.21. The Hall–Kier alpha value is -2.35. The van der Waals surface area contributed by atoms with Gasteiger partial charge in [-0.15, -0.1) is 0 Å². The molecular weight excluding hydrogens is 622 g/mol. The number of alkyl halides is 1. The number of esters is 1. The van der Waals surface area contributed by atoms with E-state index in [0.29, 0.717) is 11.1 Å². The number of pyridine rings is 1. The number of anilines is 1. The van der Waals surface area contributed by atoms with Crippen LogP contribution in [-0.2, 0) is 33.2 Å². The number of hydrogen-bond acceptors (Lipinski definition) is 12.